The molecule has 0 fully saturated rings. The molecular formula is C18H31BrN2. The molecule has 0 radical (unpaired) electrons. The smallest absolute Gasteiger partial charge is 0.0380 e. The van der Waals surface area contributed by atoms with Crippen molar-refractivity contribution in [3.05, 3.63) is 28.2 Å². The van der Waals surface area contributed by atoms with Crippen molar-refractivity contribution in [2.24, 2.45) is 0 Å². The summed E-state index contributed by atoms with van der Waals surface area (Å²) in [4.78, 5) is 2.50. The maximum atomic E-state index is 3.73. The van der Waals surface area contributed by atoms with Crippen LogP contribution in [-0.4, -0.2) is 18.6 Å². The fraction of sp³-hybridized carbons (Fsp3) is 0.667. The molecule has 0 saturated heterocycles. The van der Waals surface area contributed by atoms with Gasteiger partial charge >= 0.3 is 0 Å². The van der Waals surface area contributed by atoms with Crippen LogP contribution >= 0.6 is 15.9 Å². The molecule has 0 bridgehead atoms. The van der Waals surface area contributed by atoms with Crippen molar-refractivity contribution >= 4 is 21.6 Å². The van der Waals surface area contributed by atoms with Crippen molar-refractivity contribution in [1.82, 2.24) is 5.32 Å². The van der Waals surface area contributed by atoms with Crippen LogP contribution in [0, 0.1) is 0 Å². The second-order valence-electron chi connectivity index (χ2n) is 6.31. The second-order valence-corrected chi connectivity index (χ2v) is 7.16. The standard InChI is InChI=1S/C18H31BrN2/c1-6-7-8-11-21(15(4)5)17-10-9-16(18(19)12-17)13-20-14(2)3/h9-10,12,14-15,20H,6-8,11,13H2,1-5H3. The lowest BCUT2D eigenvalue weighted by Gasteiger charge is -2.29. The summed E-state index contributed by atoms with van der Waals surface area (Å²) >= 11 is 3.73. The van der Waals surface area contributed by atoms with E-state index in [1.54, 1.807) is 0 Å². The summed E-state index contributed by atoms with van der Waals surface area (Å²) in [5.41, 5.74) is 2.64. The van der Waals surface area contributed by atoms with Crippen LogP contribution in [0.5, 0.6) is 0 Å². The number of nitrogens with one attached hydrogen (secondary N) is 1. The van der Waals surface area contributed by atoms with Gasteiger partial charge in [0.1, 0.15) is 0 Å². The molecular weight excluding hydrogens is 324 g/mol. The minimum absolute atomic E-state index is 0.512. The van der Waals surface area contributed by atoms with Crippen molar-refractivity contribution in [2.45, 2.75) is 72.5 Å². The van der Waals surface area contributed by atoms with Gasteiger partial charge in [-0.1, -0.05) is 55.6 Å². The molecule has 0 heterocycles. The van der Waals surface area contributed by atoms with E-state index in [0.717, 1.165) is 13.1 Å². The summed E-state index contributed by atoms with van der Waals surface area (Å²) in [6.45, 7) is 13.2. The molecule has 0 aliphatic carbocycles. The Bertz CT molecular complexity index is 416. The maximum absolute atomic E-state index is 3.73. The van der Waals surface area contributed by atoms with Crippen LogP contribution in [0.4, 0.5) is 5.69 Å². The summed E-state index contributed by atoms with van der Waals surface area (Å²) in [6, 6.07) is 7.81. The molecule has 3 heteroatoms. The van der Waals surface area contributed by atoms with Gasteiger partial charge in [-0.25, -0.2) is 0 Å². The first-order valence-corrected chi connectivity index (χ1v) is 9.03. The van der Waals surface area contributed by atoms with E-state index < -0.39 is 0 Å². The van der Waals surface area contributed by atoms with Crippen molar-refractivity contribution in [3.63, 3.8) is 0 Å². The Hall–Kier alpha value is -0.540. The van der Waals surface area contributed by atoms with E-state index in [9.17, 15) is 0 Å². The first-order chi connectivity index (χ1) is 9.95. The zero-order valence-electron chi connectivity index (χ0n) is 14.2. The Balaban J connectivity index is 2.78. The molecule has 120 valence electrons. The SMILES string of the molecule is CCCCCN(c1ccc(CNC(C)C)c(Br)c1)C(C)C. The Morgan fingerprint density at radius 2 is 1.86 bits per heavy atom. The highest BCUT2D eigenvalue weighted by Gasteiger charge is 2.12. The normalized spacial score (nSPS) is 11.4. The first kappa shape index (κ1) is 18.5. The molecule has 0 saturated carbocycles. The number of halogens is 1. The Morgan fingerprint density at radius 1 is 1.14 bits per heavy atom. The second kappa shape index (κ2) is 9.47. The summed E-state index contributed by atoms with van der Waals surface area (Å²) in [5.74, 6) is 0. The summed E-state index contributed by atoms with van der Waals surface area (Å²) < 4.78 is 1.20. The number of unbranched alkanes of at least 4 members (excludes halogenated alkanes) is 2. The third-order valence-electron chi connectivity index (χ3n) is 3.69. The molecule has 0 aliphatic rings. The largest absolute Gasteiger partial charge is 0.369 e. The maximum Gasteiger partial charge on any atom is 0.0380 e. The van der Waals surface area contributed by atoms with Crippen molar-refractivity contribution < 1.29 is 0 Å². The molecule has 1 aromatic rings. The van der Waals surface area contributed by atoms with Gasteiger partial charge < -0.3 is 10.2 Å². The predicted octanol–water partition coefficient (Wildman–Crippen LogP) is 5.35. The number of hydrogen-bond donors (Lipinski definition) is 1. The van der Waals surface area contributed by atoms with Gasteiger partial charge in [0.15, 0.2) is 0 Å². The van der Waals surface area contributed by atoms with Crippen LogP contribution in [0.3, 0.4) is 0 Å². The van der Waals surface area contributed by atoms with Crippen LogP contribution in [0.15, 0.2) is 22.7 Å². The van der Waals surface area contributed by atoms with Crippen molar-refractivity contribution in [1.29, 1.82) is 0 Å². The zero-order chi connectivity index (χ0) is 15.8. The molecule has 0 spiro atoms. The number of anilines is 1. The third-order valence-corrected chi connectivity index (χ3v) is 4.43. The van der Waals surface area contributed by atoms with Crippen LogP contribution in [0.2, 0.25) is 0 Å². The summed E-state index contributed by atoms with van der Waals surface area (Å²) in [6.07, 6.45) is 3.85. The summed E-state index contributed by atoms with van der Waals surface area (Å²) in [7, 11) is 0. The predicted molar refractivity (Wildman–Crippen MR) is 98.1 cm³/mol. The van der Waals surface area contributed by atoms with Gasteiger partial charge in [-0.15, -0.1) is 0 Å². The highest BCUT2D eigenvalue weighted by Crippen LogP contribution is 2.26. The minimum Gasteiger partial charge on any atom is -0.369 e. The Morgan fingerprint density at radius 3 is 2.38 bits per heavy atom. The quantitative estimate of drug-likeness (QED) is 0.601. The van der Waals surface area contributed by atoms with Gasteiger partial charge in [-0.05, 0) is 38.0 Å². The fourth-order valence-corrected chi connectivity index (χ4v) is 2.90. The van der Waals surface area contributed by atoms with Crippen molar-refractivity contribution in [2.75, 3.05) is 11.4 Å². The monoisotopic (exact) mass is 354 g/mol. The van der Waals surface area contributed by atoms with E-state index in [1.165, 1.54) is 35.0 Å². The van der Waals surface area contributed by atoms with E-state index >= 15 is 0 Å². The molecule has 1 aromatic carbocycles. The average Bonchev–Trinajstić information content (AvgIpc) is 2.41. The fourth-order valence-electron chi connectivity index (χ4n) is 2.39. The molecule has 0 atom stereocenters. The Labute approximate surface area is 139 Å². The Kier molecular flexibility index (Phi) is 8.35. The lowest BCUT2D eigenvalue weighted by molar-refractivity contribution is 0.587. The lowest BCUT2D eigenvalue weighted by atomic mass is 10.1. The van der Waals surface area contributed by atoms with E-state index in [-0.39, 0.29) is 0 Å². The molecule has 21 heavy (non-hydrogen) atoms. The third kappa shape index (κ3) is 6.39. The van der Waals surface area contributed by atoms with Gasteiger partial charge in [0.25, 0.3) is 0 Å². The molecule has 0 aromatic heterocycles. The molecule has 2 nitrogen and oxygen atoms in total. The van der Waals surface area contributed by atoms with Gasteiger partial charge in [0.2, 0.25) is 0 Å². The summed E-state index contributed by atoms with van der Waals surface area (Å²) in [5, 5.41) is 3.47. The van der Waals surface area contributed by atoms with Gasteiger partial charge in [0.05, 0.1) is 0 Å². The number of benzene rings is 1. The van der Waals surface area contributed by atoms with Crippen LogP contribution in [0.1, 0.15) is 59.4 Å². The van der Waals surface area contributed by atoms with Gasteiger partial charge in [0, 0.05) is 35.3 Å². The molecule has 0 unspecified atom stereocenters. The zero-order valence-corrected chi connectivity index (χ0v) is 15.8. The number of nitrogens with zero attached hydrogens (tertiary/aromatic N) is 1. The van der Waals surface area contributed by atoms with Crippen LogP contribution in [-0.2, 0) is 6.54 Å². The average molecular weight is 355 g/mol. The minimum atomic E-state index is 0.512. The van der Waals surface area contributed by atoms with Crippen molar-refractivity contribution in [3.8, 4) is 0 Å². The molecule has 1 N–H and O–H groups in total. The first-order valence-electron chi connectivity index (χ1n) is 8.24. The highest BCUT2D eigenvalue weighted by atomic mass is 79.9. The van der Waals surface area contributed by atoms with Crippen LogP contribution < -0.4 is 10.2 Å². The van der Waals surface area contributed by atoms with Gasteiger partial charge in [-0.2, -0.15) is 0 Å². The number of rotatable bonds is 9. The van der Waals surface area contributed by atoms with E-state index in [0.29, 0.717) is 12.1 Å². The van der Waals surface area contributed by atoms with E-state index in [1.807, 2.05) is 0 Å². The van der Waals surface area contributed by atoms with Crippen LogP contribution in [0.25, 0.3) is 0 Å². The number of hydrogen-bond acceptors (Lipinski definition) is 2. The molecule has 0 aliphatic heterocycles. The van der Waals surface area contributed by atoms with E-state index in [4.69, 9.17) is 0 Å². The molecule has 0 amide bonds. The highest BCUT2D eigenvalue weighted by molar-refractivity contribution is 9.10. The van der Waals surface area contributed by atoms with Gasteiger partial charge in [-0.3, -0.25) is 0 Å². The molecule has 1 rings (SSSR count). The lowest BCUT2D eigenvalue weighted by Crippen LogP contribution is -2.31. The van der Waals surface area contributed by atoms with E-state index in [2.05, 4.69) is 79.0 Å². The topological polar surface area (TPSA) is 15.3 Å².